The van der Waals surface area contributed by atoms with Crippen LogP contribution < -0.4 is 0 Å². The van der Waals surface area contributed by atoms with Gasteiger partial charge in [-0.1, -0.05) is 20.3 Å². The summed E-state index contributed by atoms with van der Waals surface area (Å²) in [5, 5.41) is 5.40. The minimum Gasteiger partial charge on any atom is -0.459 e. The van der Waals surface area contributed by atoms with Gasteiger partial charge in [-0.3, -0.25) is 0 Å². The number of esters is 2. The summed E-state index contributed by atoms with van der Waals surface area (Å²) in [6.07, 6.45) is 13.8. The Balaban J connectivity index is 0.00000123. The van der Waals surface area contributed by atoms with E-state index in [4.69, 9.17) is 19.7 Å². The van der Waals surface area contributed by atoms with Crippen molar-refractivity contribution in [2.75, 3.05) is 0 Å². The predicted molar refractivity (Wildman–Crippen MR) is 90.2 cm³/mol. The third-order valence-electron chi connectivity index (χ3n) is 4.03. The SMILES string of the molecule is C.N=C=O.O=C(/C=C\C(=O)OC1CCCCC1)OC1CCCCC1. The van der Waals surface area contributed by atoms with Crippen molar-refractivity contribution >= 4 is 18.0 Å². The molecule has 0 radical (unpaired) electrons. The van der Waals surface area contributed by atoms with E-state index in [1.165, 1.54) is 25.0 Å². The van der Waals surface area contributed by atoms with Gasteiger partial charge in [-0.2, -0.15) is 0 Å². The van der Waals surface area contributed by atoms with E-state index in [2.05, 4.69) is 0 Å². The largest absolute Gasteiger partial charge is 0.459 e. The summed E-state index contributed by atoms with van der Waals surface area (Å²) in [6, 6.07) is 0. The zero-order chi connectivity index (χ0) is 16.9. The number of isocyanates is 1. The second-order valence-corrected chi connectivity index (χ2v) is 5.83. The Morgan fingerprint density at radius 2 is 1.08 bits per heavy atom. The standard InChI is InChI=1S/C16H24O4.CHNO.CH4/c17-15(19-13-7-3-1-4-8-13)11-12-16(18)20-14-9-5-2-6-10-14;2-1-3;/h11-14H,1-10H2;2H;1H4/b12-11-;;. The minimum absolute atomic E-state index is 0. The predicted octanol–water partition coefficient (Wildman–Crippen LogP) is 3.83. The number of nitrogens with one attached hydrogen (secondary N) is 1. The Hall–Kier alpha value is -1.94. The quantitative estimate of drug-likeness (QED) is 0.363. The van der Waals surface area contributed by atoms with Crippen LogP contribution in [-0.4, -0.2) is 30.2 Å². The number of carbonyl (C=O) groups excluding carboxylic acids is 3. The monoisotopic (exact) mass is 339 g/mol. The number of hydrogen-bond acceptors (Lipinski definition) is 6. The van der Waals surface area contributed by atoms with E-state index in [9.17, 15) is 9.59 Å². The van der Waals surface area contributed by atoms with Crippen molar-refractivity contribution in [3.8, 4) is 0 Å². The van der Waals surface area contributed by atoms with Crippen LogP contribution in [0.2, 0.25) is 0 Å². The van der Waals surface area contributed by atoms with Crippen molar-refractivity contribution in [3.05, 3.63) is 12.2 Å². The maximum atomic E-state index is 11.6. The van der Waals surface area contributed by atoms with Crippen LogP contribution in [0.3, 0.4) is 0 Å². The molecule has 0 spiro atoms. The Morgan fingerprint density at radius 3 is 1.38 bits per heavy atom. The normalized spacial score (nSPS) is 18.5. The fourth-order valence-electron chi connectivity index (χ4n) is 2.91. The lowest BCUT2D eigenvalue weighted by molar-refractivity contribution is -0.147. The van der Waals surface area contributed by atoms with Crippen molar-refractivity contribution in [2.24, 2.45) is 0 Å². The van der Waals surface area contributed by atoms with E-state index in [0.29, 0.717) is 0 Å². The first-order valence-electron chi connectivity index (χ1n) is 8.29. The fourth-order valence-corrected chi connectivity index (χ4v) is 2.91. The van der Waals surface area contributed by atoms with Crippen molar-refractivity contribution in [1.82, 2.24) is 0 Å². The summed E-state index contributed by atoms with van der Waals surface area (Å²) in [4.78, 5) is 31.5. The third kappa shape index (κ3) is 9.95. The fraction of sp³-hybridized carbons (Fsp3) is 0.722. The molecule has 24 heavy (non-hydrogen) atoms. The topological polar surface area (TPSA) is 93.5 Å². The molecule has 136 valence electrons. The molecule has 0 saturated heterocycles. The molecule has 0 aliphatic heterocycles. The van der Waals surface area contributed by atoms with Gasteiger partial charge in [0.2, 0.25) is 6.08 Å². The summed E-state index contributed by atoms with van der Waals surface area (Å²) in [6.45, 7) is 0. The highest BCUT2D eigenvalue weighted by molar-refractivity contribution is 5.91. The van der Waals surface area contributed by atoms with Crippen LogP contribution in [0.1, 0.15) is 71.6 Å². The molecule has 2 rings (SSSR count). The molecule has 1 N–H and O–H groups in total. The van der Waals surface area contributed by atoms with Crippen LogP contribution in [0.25, 0.3) is 0 Å². The lowest BCUT2D eigenvalue weighted by atomic mass is 9.98. The Labute approximate surface area is 144 Å². The van der Waals surface area contributed by atoms with Gasteiger partial charge < -0.3 is 9.47 Å². The van der Waals surface area contributed by atoms with Crippen molar-refractivity contribution in [2.45, 2.75) is 83.8 Å². The highest BCUT2D eigenvalue weighted by atomic mass is 16.5. The first kappa shape index (κ1) is 22.1. The van der Waals surface area contributed by atoms with Crippen molar-refractivity contribution in [3.63, 3.8) is 0 Å². The van der Waals surface area contributed by atoms with E-state index in [1.807, 2.05) is 0 Å². The summed E-state index contributed by atoms with van der Waals surface area (Å²) in [5.41, 5.74) is 0. The van der Waals surface area contributed by atoms with E-state index < -0.39 is 11.9 Å². The lowest BCUT2D eigenvalue weighted by Gasteiger charge is -2.21. The Kier molecular flexibility index (Phi) is 12.4. The van der Waals surface area contributed by atoms with Gasteiger partial charge in [0, 0.05) is 12.2 Å². The molecule has 0 aromatic carbocycles. The van der Waals surface area contributed by atoms with Gasteiger partial charge in [-0.15, -0.1) is 0 Å². The molecule has 2 aliphatic carbocycles. The summed E-state index contributed by atoms with van der Waals surface area (Å²) in [5.74, 6) is -0.866. The molecular formula is C18H29NO5. The number of hydrogen-bond donors (Lipinski definition) is 1. The maximum absolute atomic E-state index is 11.6. The molecule has 6 heteroatoms. The summed E-state index contributed by atoms with van der Waals surface area (Å²) >= 11 is 0. The number of carbonyl (C=O) groups is 2. The third-order valence-corrected chi connectivity index (χ3v) is 4.03. The van der Waals surface area contributed by atoms with Gasteiger partial charge in [0.15, 0.2) is 0 Å². The molecule has 2 aliphatic rings. The summed E-state index contributed by atoms with van der Waals surface area (Å²) in [7, 11) is 0. The number of rotatable bonds is 4. The molecule has 0 aromatic heterocycles. The highest BCUT2D eigenvalue weighted by Gasteiger charge is 2.18. The maximum Gasteiger partial charge on any atom is 0.331 e. The van der Waals surface area contributed by atoms with Gasteiger partial charge in [0.25, 0.3) is 0 Å². The lowest BCUT2D eigenvalue weighted by Crippen LogP contribution is -2.21. The van der Waals surface area contributed by atoms with Gasteiger partial charge in [-0.05, 0) is 51.4 Å². The minimum atomic E-state index is -0.433. The van der Waals surface area contributed by atoms with Gasteiger partial charge in [0.05, 0.1) is 0 Å². The van der Waals surface area contributed by atoms with Crippen LogP contribution in [0.4, 0.5) is 0 Å². The van der Waals surface area contributed by atoms with Crippen LogP contribution in [0, 0.1) is 5.41 Å². The number of ether oxygens (including phenoxy) is 2. The van der Waals surface area contributed by atoms with E-state index in [1.54, 1.807) is 0 Å². The second-order valence-electron chi connectivity index (χ2n) is 5.83. The average Bonchev–Trinajstić information content (AvgIpc) is 2.56. The molecule has 0 aromatic rings. The van der Waals surface area contributed by atoms with Crippen molar-refractivity contribution in [1.29, 1.82) is 5.41 Å². The van der Waals surface area contributed by atoms with Crippen molar-refractivity contribution < 1.29 is 23.9 Å². The molecule has 0 unspecified atom stereocenters. The second kappa shape index (κ2) is 13.5. The zero-order valence-electron chi connectivity index (χ0n) is 13.4. The summed E-state index contributed by atoms with van der Waals surface area (Å²) < 4.78 is 10.6. The van der Waals surface area contributed by atoms with Crippen LogP contribution in [0.15, 0.2) is 12.2 Å². The van der Waals surface area contributed by atoms with Crippen LogP contribution in [0.5, 0.6) is 0 Å². The average molecular weight is 339 g/mol. The van der Waals surface area contributed by atoms with E-state index >= 15 is 0 Å². The molecule has 0 heterocycles. The van der Waals surface area contributed by atoms with Crippen LogP contribution >= 0.6 is 0 Å². The Bertz CT molecular complexity index is 395. The first-order valence-corrected chi connectivity index (χ1v) is 8.29. The van der Waals surface area contributed by atoms with Gasteiger partial charge in [0.1, 0.15) is 12.2 Å². The highest BCUT2D eigenvalue weighted by Crippen LogP contribution is 2.21. The first-order chi connectivity index (χ1) is 11.2. The molecule has 0 bridgehead atoms. The smallest absolute Gasteiger partial charge is 0.331 e. The van der Waals surface area contributed by atoms with Gasteiger partial charge >= 0.3 is 11.9 Å². The van der Waals surface area contributed by atoms with E-state index in [0.717, 1.165) is 57.4 Å². The molecular weight excluding hydrogens is 310 g/mol. The Morgan fingerprint density at radius 1 is 0.792 bits per heavy atom. The molecule has 0 amide bonds. The van der Waals surface area contributed by atoms with Crippen LogP contribution in [-0.2, 0) is 23.9 Å². The molecule has 0 atom stereocenters. The van der Waals surface area contributed by atoms with Gasteiger partial charge in [-0.25, -0.2) is 19.8 Å². The molecule has 2 fully saturated rings. The van der Waals surface area contributed by atoms with E-state index in [-0.39, 0.29) is 19.6 Å². The molecule has 6 nitrogen and oxygen atoms in total. The molecule has 2 saturated carbocycles. The zero-order valence-corrected chi connectivity index (χ0v) is 13.4.